The Balaban J connectivity index is 1.71. The Bertz CT molecular complexity index is 1600. The van der Waals surface area contributed by atoms with E-state index in [1.807, 2.05) is 18.2 Å². The summed E-state index contributed by atoms with van der Waals surface area (Å²) >= 11 is 0. The fourth-order valence-corrected chi connectivity index (χ4v) is 4.77. The van der Waals surface area contributed by atoms with E-state index in [4.69, 9.17) is 5.11 Å². The zero-order chi connectivity index (χ0) is 31.1. The van der Waals surface area contributed by atoms with Crippen LogP contribution in [0.2, 0.25) is 0 Å². The minimum Gasteiger partial charge on any atom is -0.481 e. The number of aliphatic carboxylic acids is 1. The Morgan fingerprint density at radius 1 is 0.977 bits per heavy atom. The number of carboxylic acid groups (broad SMARTS) is 1. The van der Waals surface area contributed by atoms with Gasteiger partial charge in [-0.15, -0.1) is 0 Å². The van der Waals surface area contributed by atoms with E-state index in [0.29, 0.717) is 5.39 Å². The van der Waals surface area contributed by atoms with E-state index in [-0.39, 0.29) is 29.8 Å². The lowest BCUT2D eigenvalue weighted by molar-refractivity contribution is -0.139. The molecule has 2 atom stereocenters. The van der Waals surface area contributed by atoms with Crippen LogP contribution in [0.25, 0.3) is 10.8 Å². The monoisotopic (exact) mass is 587 g/mol. The maximum Gasteiger partial charge on any atom is 0.305 e. The number of rotatable bonds is 10. The molecule has 1 heterocycles. The van der Waals surface area contributed by atoms with Gasteiger partial charge in [0.15, 0.2) is 0 Å². The number of carbonyl (C=O) groups excluding carboxylic acids is 6. The predicted octanol–water partition coefficient (Wildman–Crippen LogP) is 0.613. The van der Waals surface area contributed by atoms with Crippen LogP contribution in [0.15, 0.2) is 66.7 Å². The number of carboxylic acids is 1. The molecule has 2 unspecified atom stereocenters. The van der Waals surface area contributed by atoms with Crippen molar-refractivity contribution in [2.24, 2.45) is 0 Å². The van der Waals surface area contributed by atoms with Gasteiger partial charge in [0.05, 0.1) is 36.9 Å². The maximum atomic E-state index is 14.0. The van der Waals surface area contributed by atoms with Gasteiger partial charge in [0.25, 0.3) is 11.8 Å². The Morgan fingerprint density at radius 2 is 1.65 bits per heavy atom. The van der Waals surface area contributed by atoms with Crippen LogP contribution in [-0.4, -0.2) is 78.6 Å². The smallest absolute Gasteiger partial charge is 0.305 e. The second kappa shape index (κ2) is 13.4. The lowest BCUT2D eigenvalue weighted by Crippen LogP contribution is -2.55. The van der Waals surface area contributed by atoms with Gasteiger partial charge in [-0.25, -0.2) is 0 Å². The third kappa shape index (κ3) is 7.19. The van der Waals surface area contributed by atoms with Crippen LogP contribution in [0, 0.1) is 0 Å². The highest BCUT2D eigenvalue weighted by atomic mass is 16.4. The molecule has 13 heteroatoms. The molecule has 4 N–H and O–H groups in total. The fourth-order valence-electron chi connectivity index (χ4n) is 4.77. The second-order valence-corrected chi connectivity index (χ2v) is 9.79. The van der Waals surface area contributed by atoms with Crippen molar-refractivity contribution in [3.8, 4) is 0 Å². The molecule has 0 saturated heterocycles. The van der Waals surface area contributed by atoms with E-state index in [1.165, 1.54) is 17.9 Å². The van der Waals surface area contributed by atoms with Crippen LogP contribution in [0.1, 0.15) is 23.7 Å². The molecule has 0 aliphatic carbocycles. The van der Waals surface area contributed by atoms with Crippen LogP contribution >= 0.6 is 0 Å². The van der Waals surface area contributed by atoms with Crippen LogP contribution < -0.4 is 25.8 Å². The zero-order valence-electron chi connectivity index (χ0n) is 23.1. The molecule has 0 saturated carbocycles. The SMILES string of the molecule is CC(=O)NCC(=O)N1CC(NC(=O)c2cccc3ccccc23)C(=O)N(CC(=O)NC(C=O)CC(=O)O)c2ccccc21. The van der Waals surface area contributed by atoms with Crippen molar-refractivity contribution in [2.45, 2.75) is 25.4 Å². The summed E-state index contributed by atoms with van der Waals surface area (Å²) in [7, 11) is 0. The molecule has 3 aromatic carbocycles. The van der Waals surface area contributed by atoms with Gasteiger partial charge in [-0.2, -0.15) is 0 Å². The first kappa shape index (κ1) is 30.4. The molecule has 222 valence electrons. The topological polar surface area (TPSA) is 182 Å². The van der Waals surface area contributed by atoms with E-state index in [9.17, 15) is 33.6 Å². The minimum absolute atomic E-state index is 0.154. The second-order valence-electron chi connectivity index (χ2n) is 9.79. The van der Waals surface area contributed by atoms with Crippen molar-refractivity contribution in [3.05, 3.63) is 72.3 Å². The van der Waals surface area contributed by atoms with Gasteiger partial charge in [-0.3, -0.25) is 33.7 Å². The lowest BCUT2D eigenvalue weighted by Gasteiger charge is -2.25. The van der Waals surface area contributed by atoms with Crippen molar-refractivity contribution in [2.75, 3.05) is 29.4 Å². The first-order valence-electron chi connectivity index (χ1n) is 13.3. The molecule has 0 aromatic heterocycles. The van der Waals surface area contributed by atoms with Crippen LogP contribution in [-0.2, 0) is 28.8 Å². The Kier molecular flexibility index (Phi) is 9.45. The molecule has 4 rings (SSSR count). The molecule has 43 heavy (non-hydrogen) atoms. The first-order valence-corrected chi connectivity index (χ1v) is 13.3. The predicted molar refractivity (Wildman–Crippen MR) is 155 cm³/mol. The third-order valence-electron chi connectivity index (χ3n) is 6.73. The number of carbonyl (C=O) groups is 7. The number of benzene rings is 3. The minimum atomic E-state index is -1.34. The van der Waals surface area contributed by atoms with Crippen LogP contribution in [0.3, 0.4) is 0 Å². The van der Waals surface area contributed by atoms with E-state index >= 15 is 0 Å². The molecule has 0 fully saturated rings. The summed E-state index contributed by atoms with van der Waals surface area (Å²) in [6, 6.07) is 15.9. The van der Waals surface area contributed by atoms with Gasteiger partial charge in [0, 0.05) is 12.5 Å². The Hall–Kier alpha value is -5.59. The Labute approximate surface area is 245 Å². The summed E-state index contributed by atoms with van der Waals surface area (Å²) in [5.74, 6) is -4.49. The summed E-state index contributed by atoms with van der Waals surface area (Å²) in [4.78, 5) is 90.0. The fraction of sp³-hybridized carbons (Fsp3) is 0.233. The largest absolute Gasteiger partial charge is 0.481 e. The number of nitrogens with zero attached hydrogens (tertiary/aromatic N) is 2. The molecule has 13 nitrogen and oxygen atoms in total. The van der Waals surface area contributed by atoms with E-state index in [2.05, 4.69) is 16.0 Å². The van der Waals surface area contributed by atoms with Gasteiger partial charge in [-0.05, 0) is 29.0 Å². The van der Waals surface area contributed by atoms with Crippen molar-refractivity contribution >= 4 is 63.9 Å². The molecule has 3 aromatic rings. The molecular formula is C30H29N5O8. The van der Waals surface area contributed by atoms with Crippen molar-refractivity contribution < 1.29 is 38.7 Å². The van der Waals surface area contributed by atoms with Gasteiger partial charge in [0.2, 0.25) is 17.7 Å². The van der Waals surface area contributed by atoms with Crippen LogP contribution in [0.4, 0.5) is 11.4 Å². The summed E-state index contributed by atoms with van der Waals surface area (Å²) in [6.07, 6.45) is -0.380. The molecule has 0 bridgehead atoms. The molecule has 0 radical (unpaired) electrons. The van der Waals surface area contributed by atoms with Crippen molar-refractivity contribution in [1.29, 1.82) is 0 Å². The number of para-hydroxylation sites is 2. The average Bonchev–Trinajstić information content (AvgIpc) is 3.09. The quantitative estimate of drug-likeness (QED) is 0.249. The number of nitrogens with one attached hydrogen (secondary N) is 3. The first-order chi connectivity index (χ1) is 20.6. The van der Waals surface area contributed by atoms with E-state index in [1.54, 1.807) is 42.5 Å². The molecule has 1 aliphatic heterocycles. The van der Waals surface area contributed by atoms with Crippen LogP contribution in [0.5, 0.6) is 0 Å². The highest BCUT2D eigenvalue weighted by Crippen LogP contribution is 2.33. The van der Waals surface area contributed by atoms with Crippen molar-refractivity contribution in [3.63, 3.8) is 0 Å². The lowest BCUT2D eigenvalue weighted by atomic mass is 10.0. The zero-order valence-corrected chi connectivity index (χ0v) is 23.1. The highest BCUT2D eigenvalue weighted by molar-refractivity contribution is 6.13. The number of amides is 5. The standard InChI is InChI=1S/C30H29N5O8/c1-18(37)31-14-27(39)34-15-23(33-29(42)22-10-6-8-19-7-2-3-9-21(19)22)30(43)35(25-12-5-4-11-24(25)34)16-26(38)32-20(17-36)13-28(40)41/h2-12,17,20,23H,13-16H2,1H3,(H,31,37)(H,32,38)(H,33,42)(H,40,41). The van der Waals surface area contributed by atoms with E-state index in [0.717, 1.165) is 10.3 Å². The summed E-state index contributed by atoms with van der Waals surface area (Å²) in [5, 5.41) is 17.9. The third-order valence-corrected chi connectivity index (χ3v) is 6.73. The summed E-state index contributed by atoms with van der Waals surface area (Å²) in [5.41, 5.74) is 0.676. The number of anilines is 2. The molecule has 1 aliphatic rings. The average molecular weight is 588 g/mol. The molecule has 0 spiro atoms. The summed E-state index contributed by atoms with van der Waals surface area (Å²) in [6.45, 7) is -0.108. The molecular weight excluding hydrogens is 558 g/mol. The number of hydrogen-bond donors (Lipinski definition) is 4. The van der Waals surface area contributed by atoms with Gasteiger partial charge >= 0.3 is 5.97 Å². The van der Waals surface area contributed by atoms with Crippen molar-refractivity contribution in [1.82, 2.24) is 16.0 Å². The Morgan fingerprint density at radius 3 is 2.35 bits per heavy atom. The normalized spacial score (nSPS) is 15.1. The van der Waals surface area contributed by atoms with E-state index < -0.39 is 67.1 Å². The van der Waals surface area contributed by atoms with Gasteiger partial charge < -0.3 is 30.8 Å². The maximum absolute atomic E-state index is 14.0. The number of fused-ring (bicyclic) bond motifs is 2. The summed E-state index contributed by atoms with van der Waals surface area (Å²) < 4.78 is 0. The van der Waals surface area contributed by atoms with Gasteiger partial charge in [0.1, 0.15) is 18.9 Å². The van der Waals surface area contributed by atoms with Gasteiger partial charge in [-0.1, -0.05) is 48.5 Å². The number of aldehydes is 1. The number of hydrogen-bond acceptors (Lipinski definition) is 7. The highest BCUT2D eigenvalue weighted by Gasteiger charge is 2.38. The molecule has 5 amide bonds.